The molecule has 5 nitrogen and oxygen atoms in total. The third-order valence-corrected chi connectivity index (χ3v) is 3.94. The normalized spacial score (nSPS) is 15.4. The van der Waals surface area contributed by atoms with Crippen molar-refractivity contribution in [1.29, 1.82) is 0 Å². The molecule has 0 radical (unpaired) electrons. The molecule has 0 atom stereocenters. The van der Waals surface area contributed by atoms with Gasteiger partial charge < -0.3 is 9.08 Å². The molecule has 1 aliphatic rings. The number of alkyl halides is 3. The van der Waals surface area contributed by atoms with E-state index in [-0.39, 0.29) is 22.7 Å². The maximum absolute atomic E-state index is 12.3. The van der Waals surface area contributed by atoms with E-state index in [1.54, 1.807) is 0 Å². The van der Waals surface area contributed by atoms with E-state index in [4.69, 9.17) is 11.6 Å². The predicted octanol–water partition coefficient (Wildman–Crippen LogP) is 2.15. The number of rotatable bonds is 2. The van der Waals surface area contributed by atoms with E-state index in [0.717, 1.165) is 12.1 Å². The first-order chi connectivity index (χ1) is 9.04. The highest BCUT2D eigenvalue weighted by atomic mass is 35.5. The number of benzene rings is 1. The van der Waals surface area contributed by atoms with Gasteiger partial charge in [0.2, 0.25) is 0 Å². The Balaban J connectivity index is 2.51. The van der Waals surface area contributed by atoms with E-state index in [1.165, 1.54) is 11.9 Å². The summed E-state index contributed by atoms with van der Waals surface area (Å²) in [6, 6.07) is 2.09. The molecule has 0 saturated heterocycles. The summed E-state index contributed by atoms with van der Waals surface area (Å²) in [5, 5.41) is 0.0195. The van der Waals surface area contributed by atoms with Crippen LogP contribution < -0.4 is 4.18 Å². The van der Waals surface area contributed by atoms with Crippen molar-refractivity contribution >= 4 is 27.6 Å². The molecule has 0 spiro atoms. The molecule has 1 aliphatic heterocycles. The second-order valence-electron chi connectivity index (χ2n) is 4.04. The van der Waals surface area contributed by atoms with Crippen molar-refractivity contribution < 1.29 is 30.6 Å². The van der Waals surface area contributed by atoms with Gasteiger partial charge in [-0.1, -0.05) is 11.6 Å². The van der Waals surface area contributed by atoms with Gasteiger partial charge >= 0.3 is 15.6 Å². The van der Waals surface area contributed by atoms with Gasteiger partial charge in [-0.15, -0.1) is 0 Å². The highest BCUT2D eigenvalue weighted by Gasteiger charge is 2.49. The molecule has 0 saturated carbocycles. The molecule has 0 bridgehead atoms. The van der Waals surface area contributed by atoms with Crippen LogP contribution in [-0.4, -0.2) is 31.8 Å². The maximum Gasteiger partial charge on any atom is 0.534 e. The summed E-state index contributed by atoms with van der Waals surface area (Å²) in [6.07, 6.45) is 0. The standard InChI is InChI=1S/C10H7ClF3NO4S/c1-15-4-5-7(19-20(17,18)10(12,13)14)3-2-6(11)8(5)9(15)16/h2-3H,4H2,1H3. The largest absolute Gasteiger partial charge is 0.534 e. The molecule has 2 rings (SSSR count). The lowest BCUT2D eigenvalue weighted by atomic mass is 10.1. The first kappa shape index (κ1) is 14.9. The van der Waals surface area contributed by atoms with Crippen molar-refractivity contribution in [2.45, 2.75) is 12.1 Å². The van der Waals surface area contributed by atoms with Crippen LogP contribution in [-0.2, 0) is 16.7 Å². The minimum Gasteiger partial charge on any atom is -0.376 e. The minimum atomic E-state index is -5.79. The molecule has 1 aromatic carbocycles. The average Bonchev–Trinajstić information content (AvgIpc) is 2.59. The topological polar surface area (TPSA) is 63.7 Å². The average molecular weight is 330 g/mol. The number of hydrogen-bond acceptors (Lipinski definition) is 4. The summed E-state index contributed by atoms with van der Waals surface area (Å²) < 4.78 is 62.9. The number of amides is 1. The number of carbonyl (C=O) groups excluding carboxylic acids is 1. The number of hydrogen-bond donors (Lipinski definition) is 0. The fraction of sp³-hybridized carbons (Fsp3) is 0.300. The van der Waals surface area contributed by atoms with Crippen LogP contribution in [0.3, 0.4) is 0 Å². The third-order valence-electron chi connectivity index (χ3n) is 2.66. The predicted molar refractivity (Wildman–Crippen MR) is 62.9 cm³/mol. The van der Waals surface area contributed by atoms with Gasteiger partial charge in [-0.3, -0.25) is 4.79 Å². The van der Waals surface area contributed by atoms with E-state index in [2.05, 4.69) is 4.18 Å². The molecule has 20 heavy (non-hydrogen) atoms. The zero-order valence-corrected chi connectivity index (χ0v) is 11.4. The van der Waals surface area contributed by atoms with Crippen molar-refractivity contribution in [2.75, 3.05) is 7.05 Å². The Kier molecular flexibility index (Phi) is 3.37. The fourth-order valence-corrected chi connectivity index (χ4v) is 2.48. The van der Waals surface area contributed by atoms with Crippen molar-refractivity contribution in [2.24, 2.45) is 0 Å². The third kappa shape index (κ3) is 2.31. The fourth-order valence-electron chi connectivity index (χ4n) is 1.73. The van der Waals surface area contributed by atoms with E-state index in [9.17, 15) is 26.4 Å². The van der Waals surface area contributed by atoms with Crippen LogP contribution in [0, 0.1) is 0 Å². The summed E-state index contributed by atoms with van der Waals surface area (Å²) in [5.41, 5.74) is -5.59. The first-order valence-electron chi connectivity index (χ1n) is 5.12. The second-order valence-corrected chi connectivity index (χ2v) is 5.99. The summed E-state index contributed by atoms with van der Waals surface area (Å²) in [7, 11) is -4.39. The van der Waals surface area contributed by atoms with Crippen LogP contribution in [0.25, 0.3) is 0 Å². The van der Waals surface area contributed by atoms with Crippen LogP contribution in [0.1, 0.15) is 15.9 Å². The van der Waals surface area contributed by atoms with Crippen LogP contribution in [0.4, 0.5) is 13.2 Å². The van der Waals surface area contributed by atoms with E-state index in [0.29, 0.717) is 0 Å². The van der Waals surface area contributed by atoms with E-state index in [1.807, 2.05) is 0 Å². The Morgan fingerprint density at radius 3 is 2.50 bits per heavy atom. The molecular weight excluding hydrogens is 323 g/mol. The highest BCUT2D eigenvalue weighted by Crippen LogP contribution is 2.37. The Hall–Kier alpha value is -1.48. The number of nitrogens with zero attached hydrogens (tertiary/aromatic N) is 1. The van der Waals surface area contributed by atoms with Gasteiger partial charge in [0.25, 0.3) is 5.91 Å². The Labute approximate surface area is 117 Å². The molecule has 1 amide bonds. The Morgan fingerprint density at radius 2 is 1.95 bits per heavy atom. The second kappa shape index (κ2) is 4.52. The Bertz CT molecular complexity index is 686. The molecule has 0 fully saturated rings. The van der Waals surface area contributed by atoms with Crippen LogP contribution in [0.2, 0.25) is 5.02 Å². The van der Waals surface area contributed by atoms with Crippen molar-refractivity contribution in [3.63, 3.8) is 0 Å². The first-order valence-corrected chi connectivity index (χ1v) is 6.91. The maximum atomic E-state index is 12.3. The summed E-state index contributed by atoms with van der Waals surface area (Å²) >= 11 is 5.79. The highest BCUT2D eigenvalue weighted by molar-refractivity contribution is 7.88. The smallest absolute Gasteiger partial charge is 0.376 e. The molecular formula is C10H7ClF3NO4S. The number of carbonyl (C=O) groups is 1. The van der Waals surface area contributed by atoms with E-state index >= 15 is 0 Å². The molecule has 10 heteroatoms. The molecule has 0 N–H and O–H groups in total. The Morgan fingerprint density at radius 1 is 1.35 bits per heavy atom. The van der Waals surface area contributed by atoms with Gasteiger partial charge in [-0.25, -0.2) is 0 Å². The SMILES string of the molecule is CN1Cc2c(OS(=O)(=O)C(F)(F)F)ccc(Cl)c2C1=O. The van der Waals surface area contributed by atoms with Gasteiger partial charge in [0.05, 0.1) is 17.1 Å². The summed E-state index contributed by atoms with van der Waals surface area (Å²) in [6.45, 7) is -0.0859. The quantitative estimate of drug-likeness (QED) is 0.616. The van der Waals surface area contributed by atoms with Gasteiger partial charge in [0.1, 0.15) is 5.75 Å². The van der Waals surface area contributed by atoms with Crippen LogP contribution >= 0.6 is 11.6 Å². The van der Waals surface area contributed by atoms with Gasteiger partial charge in [-0.2, -0.15) is 21.6 Å². The zero-order valence-electron chi connectivity index (χ0n) is 9.86. The lowest BCUT2D eigenvalue weighted by Gasteiger charge is -2.12. The zero-order chi connectivity index (χ0) is 15.3. The monoisotopic (exact) mass is 329 g/mol. The molecule has 0 aromatic heterocycles. The van der Waals surface area contributed by atoms with Crippen molar-refractivity contribution in [3.8, 4) is 5.75 Å². The minimum absolute atomic E-state index is 0.0119. The van der Waals surface area contributed by atoms with Crippen molar-refractivity contribution in [3.05, 3.63) is 28.3 Å². The molecule has 110 valence electrons. The molecule has 0 aliphatic carbocycles. The summed E-state index contributed by atoms with van der Waals surface area (Å²) in [5.74, 6) is -1.07. The summed E-state index contributed by atoms with van der Waals surface area (Å²) in [4.78, 5) is 12.9. The molecule has 1 aromatic rings. The van der Waals surface area contributed by atoms with Crippen LogP contribution in [0.5, 0.6) is 5.75 Å². The van der Waals surface area contributed by atoms with Crippen molar-refractivity contribution in [1.82, 2.24) is 4.90 Å². The lowest BCUT2D eigenvalue weighted by molar-refractivity contribution is -0.0500. The number of halogens is 4. The lowest BCUT2D eigenvalue weighted by Crippen LogP contribution is -2.28. The number of fused-ring (bicyclic) bond motifs is 1. The molecule has 1 heterocycles. The van der Waals surface area contributed by atoms with Gasteiger partial charge in [0.15, 0.2) is 0 Å². The van der Waals surface area contributed by atoms with Crippen LogP contribution in [0.15, 0.2) is 12.1 Å². The molecule has 0 unspecified atom stereocenters. The van der Waals surface area contributed by atoms with E-state index < -0.39 is 27.3 Å². The van der Waals surface area contributed by atoms with Gasteiger partial charge in [-0.05, 0) is 12.1 Å². The van der Waals surface area contributed by atoms with Gasteiger partial charge in [0, 0.05) is 12.6 Å².